The number of carbonyl (C=O) groups is 2. The van der Waals surface area contributed by atoms with E-state index in [9.17, 15) is 14.7 Å². The zero-order chi connectivity index (χ0) is 12.8. The topological polar surface area (TPSA) is 66.8 Å². The fourth-order valence-corrected chi connectivity index (χ4v) is 3.53. The van der Waals surface area contributed by atoms with Gasteiger partial charge in [0.15, 0.2) is 0 Å². The zero-order valence-electron chi connectivity index (χ0n) is 10.4. The Balaban J connectivity index is 1.93. The predicted molar refractivity (Wildman–Crippen MR) is 62.6 cm³/mol. The number of fused-ring (bicyclic) bond motifs is 2. The van der Waals surface area contributed by atoms with Crippen molar-refractivity contribution in [3.05, 3.63) is 0 Å². The van der Waals surface area contributed by atoms with Crippen LogP contribution in [0.5, 0.6) is 0 Å². The van der Waals surface area contributed by atoms with Crippen LogP contribution in [0.3, 0.4) is 0 Å². The number of imide groups is 1. The molecule has 18 heavy (non-hydrogen) atoms. The van der Waals surface area contributed by atoms with Gasteiger partial charge in [0, 0.05) is 0 Å². The van der Waals surface area contributed by atoms with E-state index in [1.165, 1.54) is 4.90 Å². The molecule has 2 unspecified atom stereocenters. The van der Waals surface area contributed by atoms with Gasteiger partial charge in [-0.15, -0.1) is 0 Å². The van der Waals surface area contributed by atoms with E-state index in [0.717, 1.165) is 32.1 Å². The molecular weight excluding hydrogens is 234 g/mol. The molecule has 1 aliphatic carbocycles. The van der Waals surface area contributed by atoms with Gasteiger partial charge in [-0.2, -0.15) is 0 Å². The number of hydrogen-bond donors (Lipinski definition) is 1. The summed E-state index contributed by atoms with van der Waals surface area (Å²) in [6.45, 7) is -0.121. The van der Waals surface area contributed by atoms with Crippen LogP contribution < -0.4 is 0 Å². The minimum Gasteiger partial charge on any atom is -0.394 e. The molecule has 2 saturated heterocycles. The molecule has 2 bridgehead atoms. The average molecular weight is 253 g/mol. The number of amides is 2. The van der Waals surface area contributed by atoms with E-state index in [0.29, 0.717) is 12.8 Å². The van der Waals surface area contributed by atoms with E-state index in [-0.39, 0.29) is 18.4 Å². The Morgan fingerprint density at radius 2 is 1.67 bits per heavy atom. The van der Waals surface area contributed by atoms with Gasteiger partial charge in [0.1, 0.15) is 12.2 Å². The third kappa shape index (κ3) is 1.61. The number of nitrogens with zero attached hydrogens (tertiary/aromatic N) is 1. The van der Waals surface area contributed by atoms with Gasteiger partial charge in [-0.05, 0) is 25.7 Å². The van der Waals surface area contributed by atoms with Gasteiger partial charge >= 0.3 is 0 Å². The number of morpholine rings is 1. The first-order valence-electron chi connectivity index (χ1n) is 6.82. The van der Waals surface area contributed by atoms with Crippen molar-refractivity contribution in [1.82, 2.24) is 4.90 Å². The molecule has 5 heteroatoms. The van der Waals surface area contributed by atoms with Crippen LogP contribution in [0.1, 0.15) is 44.9 Å². The number of aliphatic hydroxyl groups excluding tert-OH is 1. The van der Waals surface area contributed by atoms with E-state index in [1.54, 1.807) is 0 Å². The molecule has 1 saturated carbocycles. The summed E-state index contributed by atoms with van der Waals surface area (Å²) in [5.41, 5.74) is -0.656. The van der Waals surface area contributed by atoms with Gasteiger partial charge in [-0.25, -0.2) is 0 Å². The maximum atomic E-state index is 12.3. The number of rotatable bonds is 2. The molecule has 3 aliphatic rings. The lowest BCUT2D eigenvalue weighted by atomic mass is 9.80. The van der Waals surface area contributed by atoms with E-state index < -0.39 is 17.7 Å². The monoisotopic (exact) mass is 253 g/mol. The van der Waals surface area contributed by atoms with Crippen molar-refractivity contribution < 1.29 is 19.4 Å². The molecule has 3 rings (SSSR count). The molecule has 2 heterocycles. The molecule has 0 aromatic rings. The van der Waals surface area contributed by atoms with Crippen molar-refractivity contribution in [2.45, 2.75) is 62.7 Å². The molecule has 0 radical (unpaired) electrons. The Kier molecular flexibility index (Phi) is 2.90. The molecule has 0 aromatic carbocycles. The molecule has 2 amide bonds. The van der Waals surface area contributed by atoms with Gasteiger partial charge in [0.25, 0.3) is 11.8 Å². The van der Waals surface area contributed by atoms with Gasteiger partial charge in [0.2, 0.25) is 0 Å². The molecule has 5 nitrogen and oxygen atoms in total. The maximum absolute atomic E-state index is 12.3. The van der Waals surface area contributed by atoms with Crippen LogP contribution >= 0.6 is 0 Å². The number of ether oxygens (including phenoxy) is 1. The van der Waals surface area contributed by atoms with Crippen molar-refractivity contribution in [3.8, 4) is 0 Å². The molecular formula is C13H19NO4. The molecule has 100 valence electrons. The van der Waals surface area contributed by atoms with Gasteiger partial charge in [0.05, 0.1) is 12.1 Å². The first-order chi connectivity index (χ1) is 8.68. The van der Waals surface area contributed by atoms with E-state index >= 15 is 0 Å². The first-order valence-corrected chi connectivity index (χ1v) is 6.82. The summed E-state index contributed by atoms with van der Waals surface area (Å²) < 4.78 is 5.41. The van der Waals surface area contributed by atoms with Crippen molar-refractivity contribution in [3.63, 3.8) is 0 Å². The van der Waals surface area contributed by atoms with Crippen molar-refractivity contribution >= 4 is 11.8 Å². The Hall–Kier alpha value is -0.940. The van der Waals surface area contributed by atoms with Crippen LogP contribution in [-0.2, 0) is 14.3 Å². The number of hydrogen-bond acceptors (Lipinski definition) is 4. The number of carbonyl (C=O) groups excluding carboxylic acids is 2. The Morgan fingerprint density at radius 3 is 2.17 bits per heavy atom. The smallest absolute Gasteiger partial charge is 0.259 e. The van der Waals surface area contributed by atoms with Crippen LogP contribution in [-0.4, -0.2) is 46.2 Å². The summed E-state index contributed by atoms with van der Waals surface area (Å²) in [7, 11) is 0. The lowest BCUT2D eigenvalue weighted by molar-refractivity contribution is -0.180. The highest BCUT2D eigenvalue weighted by atomic mass is 16.5. The van der Waals surface area contributed by atoms with Crippen LogP contribution in [0.15, 0.2) is 0 Å². The second-order valence-electron chi connectivity index (χ2n) is 5.65. The van der Waals surface area contributed by atoms with Crippen LogP contribution in [0.4, 0.5) is 0 Å². The van der Waals surface area contributed by atoms with Gasteiger partial charge in [-0.1, -0.05) is 19.3 Å². The van der Waals surface area contributed by atoms with Crippen LogP contribution in [0, 0.1) is 0 Å². The highest BCUT2D eigenvalue weighted by Gasteiger charge is 2.54. The second kappa shape index (κ2) is 4.31. The average Bonchev–Trinajstić information content (AvgIpc) is 2.85. The highest BCUT2D eigenvalue weighted by Crippen LogP contribution is 2.39. The lowest BCUT2D eigenvalue weighted by Gasteiger charge is -2.46. The summed E-state index contributed by atoms with van der Waals surface area (Å²) in [5, 5.41) is 9.74. The largest absolute Gasteiger partial charge is 0.394 e. The third-order valence-electron chi connectivity index (χ3n) is 4.56. The SMILES string of the molecule is O=C1C2CCC(O2)C(=O)N1C1(CO)CCCCC1. The maximum Gasteiger partial charge on any atom is 0.259 e. The quantitative estimate of drug-likeness (QED) is 0.732. The first kappa shape index (κ1) is 12.1. The molecule has 0 aromatic heterocycles. The summed E-state index contributed by atoms with van der Waals surface area (Å²) in [6, 6.07) is 0. The van der Waals surface area contributed by atoms with E-state index in [1.807, 2.05) is 0 Å². The van der Waals surface area contributed by atoms with Crippen molar-refractivity contribution in [1.29, 1.82) is 0 Å². The van der Waals surface area contributed by atoms with Crippen molar-refractivity contribution in [2.75, 3.05) is 6.61 Å². The van der Waals surface area contributed by atoms with E-state index in [4.69, 9.17) is 4.74 Å². The molecule has 0 spiro atoms. The standard InChI is InChI=1S/C13H19NO4/c15-8-13(6-2-1-3-7-13)14-11(16)9-4-5-10(18-9)12(14)17/h9-10,15H,1-8H2. The summed E-state index contributed by atoms with van der Waals surface area (Å²) in [5.74, 6) is -0.464. The van der Waals surface area contributed by atoms with Gasteiger partial charge < -0.3 is 9.84 Å². The zero-order valence-corrected chi connectivity index (χ0v) is 10.4. The normalized spacial score (nSPS) is 35.1. The summed E-state index contributed by atoms with van der Waals surface area (Å²) in [6.07, 6.45) is 4.83. The Morgan fingerprint density at radius 1 is 1.11 bits per heavy atom. The number of aliphatic hydroxyl groups is 1. The lowest BCUT2D eigenvalue weighted by Crippen LogP contribution is -2.64. The fraction of sp³-hybridized carbons (Fsp3) is 0.846. The fourth-order valence-electron chi connectivity index (χ4n) is 3.53. The number of likely N-dealkylation sites (tertiary alicyclic amines) is 1. The third-order valence-corrected chi connectivity index (χ3v) is 4.56. The van der Waals surface area contributed by atoms with E-state index in [2.05, 4.69) is 0 Å². The Bertz CT molecular complexity index is 353. The minimum atomic E-state index is -0.656. The molecule has 1 N–H and O–H groups in total. The summed E-state index contributed by atoms with van der Waals surface area (Å²) >= 11 is 0. The molecule has 2 aliphatic heterocycles. The second-order valence-corrected chi connectivity index (χ2v) is 5.65. The highest BCUT2D eigenvalue weighted by molar-refractivity contribution is 6.03. The summed E-state index contributed by atoms with van der Waals surface area (Å²) in [4.78, 5) is 26.0. The predicted octanol–water partition coefficient (Wildman–Crippen LogP) is 0.598. The van der Waals surface area contributed by atoms with Crippen molar-refractivity contribution in [2.24, 2.45) is 0 Å². The molecule has 2 atom stereocenters. The van der Waals surface area contributed by atoms with Crippen LogP contribution in [0.2, 0.25) is 0 Å². The Labute approximate surface area is 106 Å². The minimum absolute atomic E-state index is 0.121. The van der Waals surface area contributed by atoms with Gasteiger partial charge in [-0.3, -0.25) is 14.5 Å². The molecule has 3 fully saturated rings. The van der Waals surface area contributed by atoms with Crippen LogP contribution in [0.25, 0.3) is 0 Å².